The molecule has 0 spiro atoms. The first-order valence-electron chi connectivity index (χ1n) is 8.54. The van der Waals surface area contributed by atoms with Crippen molar-refractivity contribution in [2.75, 3.05) is 26.7 Å². The number of nitrogens with one attached hydrogen (secondary N) is 1. The van der Waals surface area contributed by atoms with E-state index < -0.39 is 0 Å². The standard InChI is InChI=1S/C17H36N2/c1-5-13-18-14-17(11-9-7-8-10-12-17)15-19(4)16(3)6-2/h16,18H,5-15H2,1-4H3. The van der Waals surface area contributed by atoms with Crippen LogP contribution in [0.3, 0.4) is 0 Å². The quantitative estimate of drug-likeness (QED) is 0.527. The van der Waals surface area contributed by atoms with E-state index in [-0.39, 0.29) is 0 Å². The van der Waals surface area contributed by atoms with Crippen molar-refractivity contribution in [1.82, 2.24) is 10.2 Å². The average Bonchev–Trinajstić information content (AvgIpc) is 2.64. The fourth-order valence-corrected chi connectivity index (χ4v) is 3.40. The van der Waals surface area contributed by atoms with E-state index in [2.05, 4.69) is 38.0 Å². The smallest absolute Gasteiger partial charge is 0.00614 e. The van der Waals surface area contributed by atoms with Gasteiger partial charge in [-0.05, 0) is 51.6 Å². The van der Waals surface area contributed by atoms with Crippen LogP contribution in [0.2, 0.25) is 0 Å². The molecule has 0 aromatic rings. The van der Waals surface area contributed by atoms with Crippen molar-refractivity contribution in [2.24, 2.45) is 5.41 Å². The summed E-state index contributed by atoms with van der Waals surface area (Å²) in [6.45, 7) is 10.6. The normalized spacial score (nSPS) is 21.3. The first kappa shape index (κ1) is 17.0. The third-order valence-corrected chi connectivity index (χ3v) is 5.02. The zero-order chi connectivity index (χ0) is 14.1. The Bertz CT molecular complexity index is 219. The maximum absolute atomic E-state index is 3.71. The molecular formula is C17H36N2. The summed E-state index contributed by atoms with van der Waals surface area (Å²) in [6, 6.07) is 0.714. The molecule has 0 aromatic heterocycles. The summed E-state index contributed by atoms with van der Waals surface area (Å²) in [4.78, 5) is 2.60. The van der Waals surface area contributed by atoms with Gasteiger partial charge in [0.1, 0.15) is 0 Å². The van der Waals surface area contributed by atoms with Gasteiger partial charge in [-0.3, -0.25) is 0 Å². The molecule has 2 nitrogen and oxygen atoms in total. The van der Waals surface area contributed by atoms with E-state index in [9.17, 15) is 0 Å². The van der Waals surface area contributed by atoms with Crippen LogP contribution in [0.15, 0.2) is 0 Å². The molecule has 1 unspecified atom stereocenters. The first-order chi connectivity index (χ1) is 9.13. The summed E-state index contributed by atoms with van der Waals surface area (Å²) in [7, 11) is 2.32. The van der Waals surface area contributed by atoms with Crippen LogP contribution in [-0.2, 0) is 0 Å². The first-order valence-corrected chi connectivity index (χ1v) is 8.54. The Hall–Kier alpha value is -0.0800. The fraction of sp³-hybridized carbons (Fsp3) is 1.00. The summed E-state index contributed by atoms with van der Waals surface area (Å²) >= 11 is 0. The molecule has 114 valence electrons. The predicted molar refractivity (Wildman–Crippen MR) is 85.7 cm³/mol. The summed E-state index contributed by atoms with van der Waals surface area (Å²) in [5, 5.41) is 3.71. The highest BCUT2D eigenvalue weighted by Crippen LogP contribution is 2.35. The molecule has 1 N–H and O–H groups in total. The minimum absolute atomic E-state index is 0.532. The second-order valence-electron chi connectivity index (χ2n) is 6.76. The van der Waals surface area contributed by atoms with Crippen LogP contribution in [0.1, 0.15) is 72.1 Å². The van der Waals surface area contributed by atoms with Crippen LogP contribution in [-0.4, -0.2) is 37.6 Å². The highest BCUT2D eigenvalue weighted by Gasteiger charge is 2.32. The molecule has 1 aliphatic carbocycles. The van der Waals surface area contributed by atoms with Gasteiger partial charge in [0.2, 0.25) is 0 Å². The number of hydrogen-bond acceptors (Lipinski definition) is 2. The van der Waals surface area contributed by atoms with Crippen molar-refractivity contribution in [1.29, 1.82) is 0 Å². The summed E-state index contributed by atoms with van der Waals surface area (Å²) in [6.07, 6.45) is 11.1. The Morgan fingerprint density at radius 3 is 2.26 bits per heavy atom. The molecule has 1 fully saturated rings. The minimum Gasteiger partial charge on any atom is -0.316 e. The van der Waals surface area contributed by atoms with Crippen LogP contribution >= 0.6 is 0 Å². The minimum atomic E-state index is 0.532. The molecule has 2 heteroatoms. The van der Waals surface area contributed by atoms with E-state index >= 15 is 0 Å². The lowest BCUT2D eigenvalue weighted by molar-refractivity contribution is 0.119. The van der Waals surface area contributed by atoms with Crippen molar-refractivity contribution in [3.8, 4) is 0 Å². The maximum Gasteiger partial charge on any atom is 0.00614 e. The molecule has 0 radical (unpaired) electrons. The van der Waals surface area contributed by atoms with E-state index in [1.807, 2.05) is 0 Å². The number of nitrogens with zero attached hydrogens (tertiary/aromatic N) is 1. The van der Waals surface area contributed by atoms with Crippen LogP contribution in [0.25, 0.3) is 0 Å². The molecule has 0 aliphatic heterocycles. The van der Waals surface area contributed by atoms with E-state index in [0.717, 1.165) is 0 Å². The lowest BCUT2D eigenvalue weighted by Gasteiger charge is -2.39. The summed E-state index contributed by atoms with van der Waals surface area (Å²) < 4.78 is 0. The molecule has 0 amide bonds. The maximum atomic E-state index is 3.71. The van der Waals surface area contributed by atoms with Crippen molar-refractivity contribution in [2.45, 2.75) is 78.2 Å². The number of hydrogen-bond donors (Lipinski definition) is 1. The Morgan fingerprint density at radius 1 is 1.11 bits per heavy atom. The van der Waals surface area contributed by atoms with Crippen LogP contribution in [0.4, 0.5) is 0 Å². The molecule has 0 heterocycles. The fourth-order valence-electron chi connectivity index (χ4n) is 3.40. The topological polar surface area (TPSA) is 15.3 Å². The molecule has 0 bridgehead atoms. The van der Waals surface area contributed by atoms with E-state index in [0.29, 0.717) is 11.5 Å². The second kappa shape index (κ2) is 8.97. The Balaban J connectivity index is 2.61. The van der Waals surface area contributed by atoms with Gasteiger partial charge in [-0.25, -0.2) is 0 Å². The highest BCUT2D eigenvalue weighted by atomic mass is 15.1. The molecule has 19 heavy (non-hydrogen) atoms. The van der Waals surface area contributed by atoms with E-state index in [1.54, 1.807) is 0 Å². The van der Waals surface area contributed by atoms with Gasteiger partial charge < -0.3 is 10.2 Å². The Morgan fingerprint density at radius 2 is 1.74 bits per heavy atom. The van der Waals surface area contributed by atoms with Gasteiger partial charge in [0.05, 0.1) is 0 Å². The average molecular weight is 268 g/mol. The van der Waals surface area contributed by atoms with Crippen molar-refractivity contribution in [3.63, 3.8) is 0 Å². The van der Waals surface area contributed by atoms with Crippen LogP contribution in [0.5, 0.6) is 0 Å². The third kappa shape index (κ3) is 5.83. The van der Waals surface area contributed by atoms with Gasteiger partial charge >= 0.3 is 0 Å². The largest absolute Gasteiger partial charge is 0.316 e. The van der Waals surface area contributed by atoms with Gasteiger partial charge in [0.15, 0.2) is 0 Å². The molecular weight excluding hydrogens is 232 g/mol. The molecule has 0 aromatic carbocycles. The van der Waals surface area contributed by atoms with Crippen LogP contribution in [0, 0.1) is 5.41 Å². The Labute approximate surface area is 121 Å². The lowest BCUT2D eigenvalue weighted by atomic mass is 9.79. The molecule has 1 saturated carbocycles. The van der Waals surface area contributed by atoms with Gasteiger partial charge in [0.25, 0.3) is 0 Å². The molecule has 1 aliphatic rings. The SMILES string of the molecule is CCCNCC1(CN(C)C(C)CC)CCCCCC1. The van der Waals surface area contributed by atoms with Crippen molar-refractivity contribution < 1.29 is 0 Å². The van der Waals surface area contributed by atoms with Crippen molar-refractivity contribution >= 4 is 0 Å². The Kier molecular flexibility index (Phi) is 8.01. The zero-order valence-corrected chi connectivity index (χ0v) is 13.8. The van der Waals surface area contributed by atoms with Crippen LogP contribution < -0.4 is 5.32 Å². The number of rotatable bonds is 8. The van der Waals surface area contributed by atoms with Gasteiger partial charge in [-0.1, -0.05) is 39.5 Å². The van der Waals surface area contributed by atoms with E-state index in [1.165, 1.54) is 71.0 Å². The van der Waals surface area contributed by atoms with Gasteiger partial charge in [0, 0.05) is 19.1 Å². The van der Waals surface area contributed by atoms with Crippen molar-refractivity contribution in [3.05, 3.63) is 0 Å². The zero-order valence-electron chi connectivity index (χ0n) is 13.8. The van der Waals surface area contributed by atoms with Gasteiger partial charge in [-0.2, -0.15) is 0 Å². The third-order valence-electron chi connectivity index (χ3n) is 5.02. The highest BCUT2D eigenvalue weighted by molar-refractivity contribution is 4.87. The molecule has 1 rings (SSSR count). The predicted octanol–water partition coefficient (Wildman–Crippen LogP) is 4.06. The monoisotopic (exact) mass is 268 g/mol. The molecule has 0 saturated heterocycles. The lowest BCUT2D eigenvalue weighted by Crippen LogP contribution is -2.45. The summed E-state index contributed by atoms with van der Waals surface area (Å²) in [5.41, 5.74) is 0.532. The molecule has 1 atom stereocenters. The van der Waals surface area contributed by atoms with Gasteiger partial charge in [-0.15, -0.1) is 0 Å². The van der Waals surface area contributed by atoms with E-state index in [4.69, 9.17) is 0 Å². The summed E-state index contributed by atoms with van der Waals surface area (Å²) in [5.74, 6) is 0. The second-order valence-corrected chi connectivity index (χ2v) is 6.76.